The summed E-state index contributed by atoms with van der Waals surface area (Å²) in [5.74, 6) is 1.30. The first-order valence-electron chi connectivity index (χ1n) is 15.3. The zero-order valence-corrected chi connectivity index (χ0v) is 26.1. The van der Waals surface area contributed by atoms with Crippen molar-refractivity contribution in [3.63, 3.8) is 0 Å². The molecule has 2 aromatic heterocycles. The third kappa shape index (κ3) is 5.24. The SMILES string of the molecule is CCn1c(COc2ccc(CC3SC(=O)N(C(c4ccccc4)(c4ccccc4)c4ccccc4)C3=O)cc2)nc2cccnc21. The number of pyridine rings is 1. The Balaban J connectivity index is 1.15. The van der Waals surface area contributed by atoms with Gasteiger partial charge in [0.25, 0.3) is 5.24 Å². The number of carbonyl (C=O) groups excluding carboxylic acids is 2. The number of ether oxygens (including phenoxy) is 1. The Kier molecular flexibility index (Phi) is 8.11. The van der Waals surface area contributed by atoms with Gasteiger partial charge in [-0.15, -0.1) is 0 Å². The number of imidazole rings is 1. The molecule has 0 N–H and O–H groups in total. The molecule has 0 saturated carbocycles. The van der Waals surface area contributed by atoms with E-state index in [1.807, 2.05) is 127 Å². The lowest BCUT2D eigenvalue weighted by molar-refractivity contribution is -0.129. The van der Waals surface area contributed by atoms with Crippen LogP contribution in [0.15, 0.2) is 134 Å². The number of aromatic nitrogens is 3. The lowest BCUT2D eigenvalue weighted by Gasteiger charge is -2.42. The predicted molar refractivity (Wildman–Crippen MR) is 181 cm³/mol. The van der Waals surface area contributed by atoms with Crippen LogP contribution in [0.2, 0.25) is 0 Å². The van der Waals surface area contributed by atoms with Crippen molar-refractivity contribution in [3.8, 4) is 5.75 Å². The van der Waals surface area contributed by atoms with Crippen molar-refractivity contribution in [2.45, 2.75) is 37.3 Å². The van der Waals surface area contributed by atoms with E-state index in [2.05, 4.69) is 16.5 Å². The van der Waals surface area contributed by atoms with Crippen molar-refractivity contribution in [3.05, 3.63) is 162 Å². The largest absolute Gasteiger partial charge is 0.486 e. The molecule has 1 fully saturated rings. The highest BCUT2D eigenvalue weighted by Gasteiger charge is 2.53. The predicted octanol–water partition coefficient (Wildman–Crippen LogP) is 7.63. The molecule has 6 aromatic rings. The maximum atomic E-state index is 14.4. The molecular weight excluding hydrogens is 593 g/mol. The monoisotopic (exact) mass is 624 g/mol. The van der Waals surface area contributed by atoms with Gasteiger partial charge in [0.1, 0.15) is 29.2 Å². The average Bonchev–Trinajstić information content (AvgIpc) is 3.61. The fourth-order valence-corrected chi connectivity index (χ4v) is 7.40. The van der Waals surface area contributed by atoms with Crippen LogP contribution in [0.4, 0.5) is 4.79 Å². The van der Waals surface area contributed by atoms with Crippen LogP contribution in [-0.4, -0.2) is 35.8 Å². The van der Waals surface area contributed by atoms with Gasteiger partial charge in [0.05, 0.1) is 5.25 Å². The summed E-state index contributed by atoms with van der Waals surface area (Å²) in [7, 11) is 0. The summed E-state index contributed by atoms with van der Waals surface area (Å²) < 4.78 is 8.14. The van der Waals surface area contributed by atoms with E-state index in [1.165, 1.54) is 4.90 Å². The first-order valence-corrected chi connectivity index (χ1v) is 16.2. The second-order valence-electron chi connectivity index (χ2n) is 11.1. The number of hydrogen-bond donors (Lipinski definition) is 0. The summed E-state index contributed by atoms with van der Waals surface area (Å²) >= 11 is 1.09. The maximum absolute atomic E-state index is 14.4. The Bertz CT molecular complexity index is 1880. The van der Waals surface area contributed by atoms with Crippen LogP contribution in [0.5, 0.6) is 5.75 Å². The Labute approximate surface area is 271 Å². The van der Waals surface area contributed by atoms with Gasteiger partial charge in [0.15, 0.2) is 5.65 Å². The Morgan fingerprint density at radius 2 is 1.35 bits per heavy atom. The van der Waals surface area contributed by atoms with Crippen LogP contribution in [0, 0.1) is 0 Å². The molecule has 4 aromatic carbocycles. The van der Waals surface area contributed by atoms with Crippen LogP contribution in [0.3, 0.4) is 0 Å². The second kappa shape index (κ2) is 12.7. The van der Waals surface area contributed by atoms with Gasteiger partial charge in [-0.3, -0.25) is 14.5 Å². The average molecular weight is 625 g/mol. The number of rotatable bonds is 10. The summed E-state index contributed by atoms with van der Waals surface area (Å²) in [4.78, 5) is 39.0. The highest BCUT2D eigenvalue weighted by Crippen LogP contribution is 2.47. The number of fused-ring (bicyclic) bond motifs is 1. The van der Waals surface area contributed by atoms with Crippen molar-refractivity contribution >= 4 is 34.1 Å². The highest BCUT2D eigenvalue weighted by atomic mass is 32.2. The minimum Gasteiger partial charge on any atom is -0.486 e. The first kappa shape index (κ1) is 29.5. The molecule has 2 amide bonds. The van der Waals surface area contributed by atoms with E-state index in [4.69, 9.17) is 9.72 Å². The van der Waals surface area contributed by atoms with Gasteiger partial charge in [-0.25, -0.2) is 9.97 Å². The highest BCUT2D eigenvalue weighted by molar-refractivity contribution is 8.15. The van der Waals surface area contributed by atoms with E-state index in [0.29, 0.717) is 18.8 Å². The van der Waals surface area contributed by atoms with Crippen molar-refractivity contribution in [2.75, 3.05) is 0 Å². The quantitative estimate of drug-likeness (QED) is 0.146. The summed E-state index contributed by atoms with van der Waals surface area (Å²) in [5.41, 5.74) is 4.07. The van der Waals surface area contributed by atoms with Gasteiger partial charge in [0.2, 0.25) is 5.91 Å². The number of carbonyl (C=O) groups is 2. The fraction of sp³-hybridized carbons (Fsp3) is 0.158. The molecule has 7 rings (SSSR count). The number of amides is 2. The summed E-state index contributed by atoms with van der Waals surface area (Å²) in [6.45, 7) is 3.12. The van der Waals surface area contributed by atoms with Crippen molar-refractivity contribution < 1.29 is 14.3 Å². The molecule has 3 heterocycles. The Morgan fingerprint density at radius 1 is 0.761 bits per heavy atom. The molecule has 0 aliphatic carbocycles. The molecule has 1 aliphatic heterocycles. The molecular formula is C38H32N4O3S. The van der Waals surface area contributed by atoms with E-state index in [-0.39, 0.29) is 11.1 Å². The third-order valence-electron chi connectivity index (χ3n) is 8.44. The molecule has 1 atom stereocenters. The first-order chi connectivity index (χ1) is 22.6. The molecule has 8 heteroatoms. The second-order valence-corrected chi connectivity index (χ2v) is 12.3. The van der Waals surface area contributed by atoms with Crippen molar-refractivity contribution in [2.24, 2.45) is 0 Å². The molecule has 228 valence electrons. The number of aryl methyl sites for hydroxylation is 1. The normalized spacial score (nSPS) is 15.1. The van der Waals surface area contributed by atoms with Crippen molar-refractivity contribution in [1.82, 2.24) is 19.4 Å². The molecule has 0 bridgehead atoms. The van der Waals surface area contributed by atoms with Gasteiger partial charge < -0.3 is 9.30 Å². The van der Waals surface area contributed by atoms with Crippen LogP contribution in [0.1, 0.15) is 35.0 Å². The van der Waals surface area contributed by atoms with E-state index >= 15 is 0 Å². The van der Waals surface area contributed by atoms with Crippen LogP contribution >= 0.6 is 11.8 Å². The Morgan fingerprint density at radius 3 is 1.91 bits per heavy atom. The molecule has 1 saturated heterocycles. The van der Waals surface area contributed by atoms with Crippen LogP contribution < -0.4 is 4.74 Å². The lowest BCUT2D eigenvalue weighted by Crippen LogP contribution is -2.51. The summed E-state index contributed by atoms with van der Waals surface area (Å²) in [5, 5.41) is -0.827. The molecule has 0 radical (unpaired) electrons. The number of thioether (sulfide) groups is 1. The summed E-state index contributed by atoms with van der Waals surface area (Å²) in [6, 6.07) is 41.0. The van der Waals surface area contributed by atoms with Gasteiger partial charge in [-0.1, -0.05) is 115 Å². The van der Waals surface area contributed by atoms with E-state index < -0.39 is 10.8 Å². The van der Waals surface area contributed by atoms with Crippen LogP contribution in [-0.2, 0) is 29.9 Å². The number of hydrogen-bond acceptors (Lipinski definition) is 6. The number of nitrogens with zero attached hydrogens (tertiary/aromatic N) is 4. The zero-order chi connectivity index (χ0) is 31.5. The van der Waals surface area contributed by atoms with Gasteiger partial charge in [-0.05, 0) is 59.9 Å². The molecule has 1 aliphatic rings. The van der Waals surface area contributed by atoms with E-state index in [9.17, 15) is 9.59 Å². The minimum atomic E-state index is -1.12. The Hall–Kier alpha value is -5.21. The lowest BCUT2D eigenvalue weighted by atomic mass is 9.75. The maximum Gasteiger partial charge on any atom is 0.290 e. The molecule has 7 nitrogen and oxygen atoms in total. The molecule has 46 heavy (non-hydrogen) atoms. The number of benzene rings is 4. The topological polar surface area (TPSA) is 77.3 Å². The zero-order valence-electron chi connectivity index (χ0n) is 25.3. The molecule has 0 spiro atoms. The molecule has 1 unspecified atom stereocenters. The number of imide groups is 1. The van der Waals surface area contributed by atoms with Gasteiger partial charge in [0, 0.05) is 12.7 Å². The van der Waals surface area contributed by atoms with Gasteiger partial charge in [-0.2, -0.15) is 0 Å². The smallest absolute Gasteiger partial charge is 0.290 e. The standard InChI is InChI=1S/C38H32N4O3S/c1-2-41-34(40-32-19-12-24-39-35(32)41)26-45-31-22-20-27(21-23-31)25-33-36(43)42(37(44)46-33)38(28-13-6-3-7-14-28,29-15-8-4-9-16-29)30-17-10-5-11-18-30/h3-24,33H,2,25-26H2,1H3. The van der Waals surface area contributed by atoms with Crippen molar-refractivity contribution in [1.29, 1.82) is 0 Å². The van der Waals surface area contributed by atoms with Gasteiger partial charge >= 0.3 is 0 Å². The van der Waals surface area contributed by atoms with E-state index in [0.717, 1.165) is 57.5 Å². The minimum absolute atomic E-state index is 0.209. The van der Waals surface area contributed by atoms with Crippen LogP contribution in [0.25, 0.3) is 11.2 Å². The fourth-order valence-electron chi connectivity index (χ4n) is 6.35. The summed E-state index contributed by atoms with van der Waals surface area (Å²) in [6.07, 6.45) is 2.18. The van der Waals surface area contributed by atoms with E-state index in [1.54, 1.807) is 6.20 Å². The third-order valence-corrected chi connectivity index (χ3v) is 9.48.